The van der Waals surface area contributed by atoms with Gasteiger partial charge in [0.1, 0.15) is 0 Å². The van der Waals surface area contributed by atoms with E-state index in [-0.39, 0.29) is 5.91 Å². The van der Waals surface area contributed by atoms with Crippen molar-refractivity contribution in [1.82, 2.24) is 0 Å². The number of carbonyl (C=O) groups is 1. The fourth-order valence-electron chi connectivity index (χ4n) is 3.60. The van der Waals surface area contributed by atoms with Crippen LogP contribution < -0.4 is 11.1 Å². The second-order valence-corrected chi connectivity index (χ2v) is 5.91. The molecule has 3 rings (SSSR count). The molecule has 2 unspecified atom stereocenters. The first-order valence-corrected chi connectivity index (χ1v) is 7.44. The number of amides is 1. The van der Waals surface area contributed by atoms with Gasteiger partial charge in [-0.2, -0.15) is 0 Å². The number of rotatable bonds is 5. The molecule has 1 aromatic carbocycles. The first kappa shape index (κ1) is 13.4. The van der Waals surface area contributed by atoms with E-state index in [2.05, 4.69) is 12.2 Å². The van der Waals surface area contributed by atoms with Crippen molar-refractivity contribution in [2.24, 2.45) is 11.1 Å². The lowest BCUT2D eigenvalue weighted by atomic mass is 9.51. The molecule has 2 aliphatic carbocycles. The van der Waals surface area contributed by atoms with Crippen LogP contribution in [-0.4, -0.2) is 24.7 Å². The molecule has 108 valence electrons. The molecule has 0 radical (unpaired) electrons. The highest BCUT2D eigenvalue weighted by atomic mass is 16.5. The van der Waals surface area contributed by atoms with Crippen molar-refractivity contribution in [2.75, 3.05) is 11.9 Å². The van der Waals surface area contributed by atoms with Crippen LogP contribution in [0.4, 0.5) is 5.69 Å². The number of anilines is 1. The van der Waals surface area contributed by atoms with E-state index in [9.17, 15) is 4.79 Å². The Balaban J connectivity index is 1.70. The van der Waals surface area contributed by atoms with Gasteiger partial charge in [-0.3, -0.25) is 4.79 Å². The van der Waals surface area contributed by atoms with Crippen molar-refractivity contribution >= 4 is 11.6 Å². The molecule has 2 fully saturated rings. The van der Waals surface area contributed by atoms with Gasteiger partial charge in [0.25, 0.3) is 0 Å². The summed E-state index contributed by atoms with van der Waals surface area (Å²) in [5, 5.41) is 3.57. The van der Waals surface area contributed by atoms with E-state index in [1.54, 1.807) is 6.07 Å². The van der Waals surface area contributed by atoms with Crippen molar-refractivity contribution in [3.63, 3.8) is 0 Å². The predicted molar refractivity (Wildman–Crippen MR) is 78.7 cm³/mol. The SMILES string of the molecule is CCOC1CC(Nc2cccc(C(N)=O)c2)C12CCC2. The van der Waals surface area contributed by atoms with Crippen molar-refractivity contribution in [1.29, 1.82) is 0 Å². The number of benzene rings is 1. The van der Waals surface area contributed by atoms with Crippen LogP contribution in [0.15, 0.2) is 24.3 Å². The molecule has 4 nitrogen and oxygen atoms in total. The van der Waals surface area contributed by atoms with Crippen LogP contribution in [0, 0.1) is 5.41 Å². The highest BCUT2D eigenvalue weighted by molar-refractivity contribution is 5.93. The minimum Gasteiger partial charge on any atom is -0.382 e. The zero-order valence-corrected chi connectivity index (χ0v) is 11.9. The zero-order chi connectivity index (χ0) is 14.2. The van der Waals surface area contributed by atoms with E-state index in [0.29, 0.717) is 23.1 Å². The lowest BCUT2D eigenvalue weighted by Gasteiger charge is -2.61. The quantitative estimate of drug-likeness (QED) is 0.867. The predicted octanol–water partition coefficient (Wildman–Crippen LogP) is 2.55. The summed E-state index contributed by atoms with van der Waals surface area (Å²) in [4.78, 5) is 11.2. The molecule has 1 aromatic rings. The number of ether oxygens (including phenoxy) is 1. The number of nitrogens with one attached hydrogen (secondary N) is 1. The summed E-state index contributed by atoms with van der Waals surface area (Å²) in [5.74, 6) is -0.382. The average Bonchev–Trinajstić information content (AvgIpc) is 2.35. The van der Waals surface area contributed by atoms with E-state index in [1.807, 2.05) is 18.2 Å². The molecule has 0 aliphatic heterocycles. The summed E-state index contributed by atoms with van der Waals surface area (Å²) in [6.45, 7) is 2.85. The van der Waals surface area contributed by atoms with E-state index >= 15 is 0 Å². The van der Waals surface area contributed by atoms with Crippen molar-refractivity contribution < 1.29 is 9.53 Å². The topological polar surface area (TPSA) is 64.3 Å². The van der Waals surface area contributed by atoms with Crippen LogP contribution in [0.1, 0.15) is 43.0 Å². The molecule has 0 bridgehead atoms. The average molecular weight is 274 g/mol. The first-order chi connectivity index (χ1) is 9.65. The second-order valence-electron chi connectivity index (χ2n) is 5.91. The Morgan fingerprint density at radius 1 is 1.50 bits per heavy atom. The summed E-state index contributed by atoms with van der Waals surface area (Å²) >= 11 is 0. The Morgan fingerprint density at radius 2 is 2.30 bits per heavy atom. The smallest absolute Gasteiger partial charge is 0.248 e. The van der Waals surface area contributed by atoms with Gasteiger partial charge >= 0.3 is 0 Å². The van der Waals surface area contributed by atoms with Crippen molar-refractivity contribution in [3.8, 4) is 0 Å². The first-order valence-electron chi connectivity index (χ1n) is 7.44. The molecule has 3 N–H and O–H groups in total. The molecule has 0 aromatic heterocycles. The summed E-state index contributed by atoms with van der Waals surface area (Å²) in [5.41, 5.74) is 7.18. The van der Waals surface area contributed by atoms with Crippen molar-refractivity contribution in [2.45, 2.75) is 44.8 Å². The third-order valence-corrected chi connectivity index (χ3v) is 4.93. The molecule has 2 saturated carbocycles. The number of primary amides is 1. The number of nitrogens with two attached hydrogens (primary N) is 1. The fraction of sp³-hybridized carbons (Fsp3) is 0.562. The summed E-state index contributed by atoms with van der Waals surface area (Å²) in [6, 6.07) is 7.90. The maximum absolute atomic E-state index is 11.2. The molecule has 2 atom stereocenters. The lowest BCUT2D eigenvalue weighted by Crippen LogP contribution is -2.64. The Bertz CT molecular complexity index is 511. The molecule has 4 heteroatoms. The minimum absolute atomic E-state index is 0.318. The van der Waals surface area contributed by atoms with E-state index in [4.69, 9.17) is 10.5 Å². The maximum atomic E-state index is 11.2. The van der Waals surface area contributed by atoms with Crippen LogP contribution in [0.3, 0.4) is 0 Å². The van der Waals surface area contributed by atoms with E-state index < -0.39 is 0 Å². The van der Waals surface area contributed by atoms with Gasteiger partial charge < -0.3 is 15.8 Å². The van der Waals surface area contributed by atoms with Gasteiger partial charge in [0.05, 0.1) is 6.10 Å². The monoisotopic (exact) mass is 274 g/mol. The highest BCUT2D eigenvalue weighted by Crippen LogP contribution is 2.58. The van der Waals surface area contributed by atoms with Crippen LogP contribution in [0.5, 0.6) is 0 Å². The molecular formula is C16H22N2O2. The Labute approximate surface area is 119 Å². The van der Waals surface area contributed by atoms with Gasteiger partial charge in [-0.05, 0) is 44.4 Å². The maximum Gasteiger partial charge on any atom is 0.248 e. The lowest BCUT2D eigenvalue weighted by molar-refractivity contribution is -0.157. The third kappa shape index (κ3) is 2.08. The van der Waals surface area contributed by atoms with E-state index in [1.165, 1.54) is 19.3 Å². The highest BCUT2D eigenvalue weighted by Gasteiger charge is 2.58. The Hall–Kier alpha value is -1.55. The van der Waals surface area contributed by atoms with Crippen LogP contribution in [0.2, 0.25) is 0 Å². The van der Waals surface area contributed by atoms with Gasteiger partial charge in [-0.25, -0.2) is 0 Å². The largest absolute Gasteiger partial charge is 0.382 e. The molecular weight excluding hydrogens is 252 g/mol. The van der Waals surface area contributed by atoms with Crippen LogP contribution >= 0.6 is 0 Å². The molecule has 1 amide bonds. The summed E-state index contributed by atoms with van der Waals surface area (Å²) in [7, 11) is 0. The zero-order valence-electron chi connectivity index (χ0n) is 11.9. The normalized spacial score (nSPS) is 26.6. The number of hydrogen-bond acceptors (Lipinski definition) is 3. The molecule has 20 heavy (non-hydrogen) atoms. The fourth-order valence-corrected chi connectivity index (χ4v) is 3.60. The van der Waals surface area contributed by atoms with Gasteiger partial charge in [-0.1, -0.05) is 12.5 Å². The van der Waals surface area contributed by atoms with Gasteiger partial charge in [0.15, 0.2) is 0 Å². The van der Waals surface area contributed by atoms with Gasteiger partial charge in [0, 0.05) is 29.3 Å². The van der Waals surface area contributed by atoms with Gasteiger partial charge in [0.2, 0.25) is 5.91 Å². The number of carbonyl (C=O) groups excluding carboxylic acids is 1. The molecule has 1 spiro atoms. The van der Waals surface area contributed by atoms with Crippen LogP contribution in [0.25, 0.3) is 0 Å². The van der Waals surface area contributed by atoms with Crippen molar-refractivity contribution in [3.05, 3.63) is 29.8 Å². The molecule has 0 saturated heterocycles. The Kier molecular flexibility index (Phi) is 3.42. The van der Waals surface area contributed by atoms with Gasteiger partial charge in [-0.15, -0.1) is 0 Å². The minimum atomic E-state index is -0.382. The number of hydrogen-bond donors (Lipinski definition) is 2. The van der Waals surface area contributed by atoms with Crippen LogP contribution in [-0.2, 0) is 4.74 Å². The summed E-state index contributed by atoms with van der Waals surface area (Å²) in [6.07, 6.45) is 5.23. The van der Waals surface area contributed by atoms with E-state index in [0.717, 1.165) is 18.7 Å². The second kappa shape index (κ2) is 5.09. The Morgan fingerprint density at radius 3 is 2.90 bits per heavy atom. The molecule has 2 aliphatic rings. The summed E-state index contributed by atoms with van der Waals surface area (Å²) < 4.78 is 5.85. The standard InChI is InChI=1S/C16H22N2O2/c1-2-20-14-10-13(16(14)7-4-8-16)18-12-6-3-5-11(9-12)15(17)19/h3,5-6,9,13-14,18H,2,4,7-8,10H2,1H3,(H2,17,19). The third-order valence-electron chi connectivity index (χ3n) is 4.93. The molecule has 0 heterocycles.